The molecular formula is C20H17NO3S. The number of rotatable bonds is 2. The fourth-order valence-electron chi connectivity index (χ4n) is 3.21. The molecule has 126 valence electrons. The molecule has 1 aliphatic heterocycles. The van der Waals surface area contributed by atoms with E-state index in [1.807, 2.05) is 56.5 Å². The molecule has 1 unspecified atom stereocenters. The smallest absolute Gasteiger partial charge is 0.288 e. The van der Waals surface area contributed by atoms with E-state index in [1.165, 1.54) is 0 Å². The standard InChI is InChI=1S/C20H17NO3S/c1-10-8-14-15(9-11(10)2)24-19-16(18(14)22)17(21-20(19)23)12-4-6-13(25-3)7-5-12/h4-9,17H,1-3H3,(H,21,23). The Morgan fingerprint density at radius 2 is 1.72 bits per heavy atom. The van der Waals surface area contributed by atoms with Crippen molar-refractivity contribution in [2.45, 2.75) is 24.8 Å². The number of carbonyl (C=O) groups excluding carboxylic acids is 1. The van der Waals surface area contributed by atoms with Gasteiger partial charge in [0.25, 0.3) is 5.91 Å². The van der Waals surface area contributed by atoms with E-state index in [4.69, 9.17) is 4.42 Å². The van der Waals surface area contributed by atoms with Crippen molar-refractivity contribution in [3.8, 4) is 0 Å². The zero-order valence-corrected chi connectivity index (χ0v) is 15.0. The van der Waals surface area contributed by atoms with Crippen molar-refractivity contribution < 1.29 is 9.21 Å². The van der Waals surface area contributed by atoms with Crippen LogP contribution in [0.15, 0.2) is 50.5 Å². The lowest BCUT2D eigenvalue weighted by Gasteiger charge is -2.12. The van der Waals surface area contributed by atoms with E-state index >= 15 is 0 Å². The molecule has 0 spiro atoms. The minimum absolute atomic E-state index is 0.125. The minimum atomic E-state index is -0.472. The summed E-state index contributed by atoms with van der Waals surface area (Å²) in [6, 6.07) is 11.0. The highest BCUT2D eigenvalue weighted by Crippen LogP contribution is 2.32. The summed E-state index contributed by atoms with van der Waals surface area (Å²) >= 11 is 1.65. The van der Waals surface area contributed by atoms with E-state index in [0.29, 0.717) is 16.5 Å². The lowest BCUT2D eigenvalue weighted by molar-refractivity contribution is 0.0938. The van der Waals surface area contributed by atoms with Crippen LogP contribution in [0.4, 0.5) is 0 Å². The summed E-state index contributed by atoms with van der Waals surface area (Å²) in [5.41, 5.74) is 3.64. The minimum Gasteiger partial charge on any atom is -0.450 e. The first kappa shape index (κ1) is 16.0. The summed E-state index contributed by atoms with van der Waals surface area (Å²) in [5, 5.41) is 3.40. The molecule has 0 saturated heterocycles. The average Bonchev–Trinajstić information content (AvgIpc) is 2.94. The number of carbonyl (C=O) groups is 1. The number of aryl methyl sites for hydroxylation is 2. The molecule has 2 heterocycles. The number of hydrogen-bond donors (Lipinski definition) is 1. The Balaban J connectivity index is 1.94. The largest absolute Gasteiger partial charge is 0.450 e. The molecule has 4 rings (SSSR count). The summed E-state index contributed by atoms with van der Waals surface area (Å²) < 4.78 is 5.81. The molecule has 3 aromatic rings. The van der Waals surface area contributed by atoms with E-state index in [9.17, 15) is 9.59 Å². The summed E-state index contributed by atoms with van der Waals surface area (Å²) in [7, 11) is 0. The van der Waals surface area contributed by atoms with Crippen LogP contribution < -0.4 is 10.7 Å². The van der Waals surface area contributed by atoms with Crippen molar-refractivity contribution >= 4 is 28.6 Å². The molecule has 1 aromatic heterocycles. The topological polar surface area (TPSA) is 59.3 Å². The number of hydrogen-bond acceptors (Lipinski definition) is 4. The van der Waals surface area contributed by atoms with Crippen LogP contribution in [-0.2, 0) is 0 Å². The molecule has 0 fully saturated rings. The van der Waals surface area contributed by atoms with Gasteiger partial charge in [-0.25, -0.2) is 0 Å². The quantitative estimate of drug-likeness (QED) is 0.710. The Morgan fingerprint density at radius 1 is 1.04 bits per heavy atom. The van der Waals surface area contributed by atoms with Gasteiger partial charge in [0.05, 0.1) is 17.0 Å². The van der Waals surface area contributed by atoms with Gasteiger partial charge in [-0.1, -0.05) is 12.1 Å². The summed E-state index contributed by atoms with van der Waals surface area (Å²) in [6.07, 6.45) is 2.01. The molecule has 1 amide bonds. The van der Waals surface area contributed by atoms with Crippen LogP contribution in [0.5, 0.6) is 0 Å². The highest BCUT2D eigenvalue weighted by Gasteiger charge is 2.35. The van der Waals surface area contributed by atoms with Gasteiger partial charge in [-0.05, 0) is 61.1 Å². The van der Waals surface area contributed by atoms with Crippen molar-refractivity contribution in [3.05, 3.63) is 74.6 Å². The van der Waals surface area contributed by atoms with Gasteiger partial charge in [-0.15, -0.1) is 11.8 Å². The first-order chi connectivity index (χ1) is 12.0. The lowest BCUT2D eigenvalue weighted by Crippen LogP contribution is -2.21. The van der Waals surface area contributed by atoms with Crippen molar-refractivity contribution in [3.63, 3.8) is 0 Å². The van der Waals surface area contributed by atoms with Crippen LogP contribution in [-0.4, -0.2) is 12.2 Å². The Hall–Kier alpha value is -2.53. The van der Waals surface area contributed by atoms with Gasteiger partial charge in [0.15, 0.2) is 5.43 Å². The number of nitrogens with one attached hydrogen (secondary N) is 1. The van der Waals surface area contributed by atoms with Crippen molar-refractivity contribution in [1.82, 2.24) is 5.32 Å². The van der Waals surface area contributed by atoms with Crippen LogP contribution in [0.25, 0.3) is 11.0 Å². The normalized spacial score (nSPS) is 16.1. The van der Waals surface area contributed by atoms with Crippen molar-refractivity contribution in [1.29, 1.82) is 0 Å². The zero-order chi connectivity index (χ0) is 17.7. The van der Waals surface area contributed by atoms with E-state index in [1.54, 1.807) is 11.8 Å². The molecule has 1 N–H and O–H groups in total. The molecule has 1 aliphatic rings. The SMILES string of the molecule is CSc1ccc(C2NC(=O)c3oc4cc(C)c(C)cc4c(=O)c32)cc1. The van der Waals surface area contributed by atoms with Crippen LogP contribution in [0.2, 0.25) is 0 Å². The first-order valence-electron chi connectivity index (χ1n) is 8.02. The highest BCUT2D eigenvalue weighted by molar-refractivity contribution is 7.98. The maximum atomic E-state index is 13.1. The molecular weight excluding hydrogens is 334 g/mol. The second kappa shape index (κ2) is 5.77. The third-order valence-corrected chi connectivity index (χ3v) is 5.50. The molecule has 5 heteroatoms. The molecule has 2 aromatic carbocycles. The monoisotopic (exact) mass is 351 g/mol. The van der Waals surface area contributed by atoms with E-state index in [2.05, 4.69) is 5.32 Å². The second-order valence-electron chi connectivity index (χ2n) is 6.29. The van der Waals surface area contributed by atoms with E-state index < -0.39 is 6.04 Å². The number of benzene rings is 2. The first-order valence-corrected chi connectivity index (χ1v) is 9.25. The van der Waals surface area contributed by atoms with Crippen molar-refractivity contribution in [2.24, 2.45) is 0 Å². The fraction of sp³-hybridized carbons (Fsp3) is 0.200. The Labute approximate surface area is 149 Å². The van der Waals surface area contributed by atoms with Crippen molar-refractivity contribution in [2.75, 3.05) is 6.26 Å². The molecule has 0 radical (unpaired) electrons. The molecule has 4 nitrogen and oxygen atoms in total. The maximum Gasteiger partial charge on any atom is 0.288 e. The van der Waals surface area contributed by atoms with Gasteiger partial charge < -0.3 is 9.73 Å². The maximum absolute atomic E-state index is 13.1. The number of thioether (sulfide) groups is 1. The third-order valence-electron chi connectivity index (χ3n) is 4.76. The fourth-order valence-corrected chi connectivity index (χ4v) is 3.62. The summed E-state index contributed by atoms with van der Waals surface area (Å²) in [5.74, 6) is -0.217. The van der Waals surface area contributed by atoms with Crippen LogP contribution >= 0.6 is 11.8 Å². The van der Waals surface area contributed by atoms with Gasteiger partial charge >= 0.3 is 0 Å². The number of amides is 1. The van der Waals surface area contributed by atoms with Gasteiger partial charge in [0.2, 0.25) is 5.76 Å². The Kier molecular flexibility index (Phi) is 3.69. The molecule has 0 aliphatic carbocycles. The van der Waals surface area contributed by atoms with Crippen LogP contribution in [0.1, 0.15) is 38.9 Å². The predicted octanol–water partition coefficient (Wildman–Crippen LogP) is 3.96. The van der Waals surface area contributed by atoms with Gasteiger partial charge in [-0.2, -0.15) is 0 Å². The predicted molar refractivity (Wildman–Crippen MR) is 99.5 cm³/mol. The van der Waals surface area contributed by atoms with Gasteiger partial charge in [0.1, 0.15) is 5.58 Å². The Bertz CT molecular complexity index is 1070. The van der Waals surface area contributed by atoms with E-state index in [0.717, 1.165) is 21.6 Å². The third kappa shape index (κ3) is 2.46. The second-order valence-corrected chi connectivity index (χ2v) is 7.17. The van der Waals surface area contributed by atoms with Gasteiger partial charge in [0, 0.05) is 4.90 Å². The summed E-state index contributed by atoms with van der Waals surface area (Å²) in [4.78, 5) is 26.6. The molecule has 0 saturated carbocycles. The highest BCUT2D eigenvalue weighted by atomic mass is 32.2. The van der Waals surface area contributed by atoms with E-state index in [-0.39, 0.29) is 17.1 Å². The zero-order valence-electron chi connectivity index (χ0n) is 14.2. The summed E-state index contributed by atoms with van der Waals surface area (Å²) in [6.45, 7) is 3.92. The Morgan fingerprint density at radius 3 is 2.40 bits per heavy atom. The van der Waals surface area contributed by atoms with Crippen LogP contribution in [0, 0.1) is 13.8 Å². The molecule has 0 bridgehead atoms. The lowest BCUT2D eigenvalue weighted by atomic mass is 9.98. The van der Waals surface area contributed by atoms with Crippen LogP contribution in [0.3, 0.4) is 0 Å². The average molecular weight is 351 g/mol. The molecule has 1 atom stereocenters. The number of fused-ring (bicyclic) bond motifs is 2. The molecule has 25 heavy (non-hydrogen) atoms. The van der Waals surface area contributed by atoms with Gasteiger partial charge in [-0.3, -0.25) is 9.59 Å².